The Morgan fingerprint density at radius 3 is 2.65 bits per heavy atom. The zero-order chi connectivity index (χ0) is 14.2. The summed E-state index contributed by atoms with van der Waals surface area (Å²) in [5.41, 5.74) is 2.48. The third-order valence-corrected chi connectivity index (χ3v) is 3.47. The molecule has 4 nitrogen and oxygen atoms in total. The number of ether oxygens (including phenoxy) is 2. The van der Waals surface area contributed by atoms with Gasteiger partial charge in [-0.05, 0) is 37.1 Å². The molecule has 1 N–H and O–H groups in total. The number of rotatable bonds is 7. The summed E-state index contributed by atoms with van der Waals surface area (Å²) in [4.78, 5) is 2.41. The minimum Gasteiger partial charge on any atom is -0.491 e. The molecule has 1 heterocycles. The molecule has 1 aliphatic rings. The fourth-order valence-corrected chi connectivity index (χ4v) is 2.37. The molecule has 1 fully saturated rings. The SMILES string of the molecule is CCCOCCOc1ccc(N2CCNCC2)cc1C. The summed E-state index contributed by atoms with van der Waals surface area (Å²) in [6.07, 6.45) is 1.05. The molecule has 112 valence electrons. The Hall–Kier alpha value is -1.26. The van der Waals surface area contributed by atoms with Crippen molar-refractivity contribution in [1.29, 1.82) is 0 Å². The third kappa shape index (κ3) is 4.39. The van der Waals surface area contributed by atoms with Gasteiger partial charge < -0.3 is 19.7 Å². The van der Waals surface area contributed by atoms with E-state index in [1.54, 1.807) is 0 Å². The lowest BCUT2D eigenvalue weighted by Gasteiger charge is -2.29. The highest BCUT2D eigenvalue weighted by molar-refractivity contribution is 5.53. The summed E-state index contributed by atoms with van der Waals surface area (Å²) in [5, 5.41) is 3.37. The van der Waals surface area contributed by atoms with Gasteiger partial charge in [0.25, 0.3) is 0 Å². The molecule has 1 aromatic carbocycles. The first-order valence-electron chi connectivity index (χ1n) is 7.58. The van der Waals surface area contributed by atoms with Gasteiger partial charge in [-0.2, -0.15) is 0 Å². The lowest BCUT2D eigenvalue weighted by atomic mass is 10.1. The van der Waals surface area contributed by atoms with E-state index in [9.17, 15) is 0 Å². The van der Waals surface area contributed by atoms with E-state index in [-0.39, 0.29) is 0 Å². The number of piperazine rings is 1. The molecule has 0 amide bonds. The molecule has 0 aliphatic carbocycles. The van der Waals surface area contributed by atoms with Gasteiger partial charge in [0.1, 0.15) is 12.4 Å². The number of nitrogens with one attached hydrogen (secondary N) is 1. The Bertz CT molecular complexity index is 403. The van der Waals surface area contributed by atoms with E-state index in [1.165, 1.54) is 11.3 Å². The van der Waals surface area contributed by atoms with Gasteiger partial charge in [-0.3, -0.25) is 0 Å². The lowest BCUT2D eigenvalue weighted by Crippen LogP contribution is -2.43. The van der Waals surface area contributed by atoms with Crippen LogP contribution >= 0.6 is 0 Å². The van der Waals surface area contributed by atoms with Gasteiger partial charge in [0, 0.05) is 38.5 Å². The Labute approximate surface area is 122 Å². The van der Waals surface area contributed by atoms with E-state index in [1.807, 2.05) is 0 Å². The average molecular weight is 278 g/mol. The van der Waals surface area contributed by atoms with Crippen LogP contribution in [-0.4, -0.2) is 46.0 Å². The lowest BCUT2D eigenvalue weighted by molar-refractivity contribution is 0.100. The number of hydrogen-bond acceptors (Lipinski definition) is 4. The topological polar surface area (TPSA) is 33.7 Å². The molecule has 1 saturated heterocycles. The fraction of sp³-hybridized carbons (Fsp3) is 0.625. The molecule has 0 saturated carbocycles. The van der Waals surface area contributed by atoms with Gasteiger partial charge >= 0.3 is 0 Å². The predicted octanol–water partition coefficient (Wildman–Crippen LogP) is 2.21. The molecule has 0 aromatic heterocycles. The van der Waals surface area contributed by atoms with Crippen molar-refractivity contribution in [2.24, 2.45) is 0 Å². The van der Waals surface area contributed by atoms with E-state index in [0.717, 1.165) is 45.0 Å². The minimum atomic E-state index is 0.619. The summed E-state index contributed by atoms with van der Waals surface area (Å²) < 4.78 is 11.2. The largest absolute Gasteiger partial charge is 0.491 e. The highest BCUT2D eigenvalue weighted by Gasteiger charge is 2.11. The van der Waals surface area contributed by atoms with E-state index in [2.05, 4.69) is 42.3 Å². The number of nitrogens with zero attached hydrogens (tertiary/aromatic N) is 1. The Morgan fingerprint density at radius 2 is 1.95 bits per heavy atom. The van der Waals surface area contributed by atoms with Gasteiger partial charge in [-0.1, -0.05) is 6.92 Å². The van der Waals surface area contributed by atoms with Crippen LogP contribution in [0.15, 0.2) is 18.2 Å². The quantitative estimate of drug-likeness (QED) is 0.775. The second-order valence-corrected chi connectivity index (χ2v) is 5.15. The molecule has 0 radical (unpaired) electrons. The standard InChI is InChI=1S/C16H26N2O2/c1-3-10-19-11-12-20-16-5-4-15(13-14(16)2)18-8-6-17-7-9-18/h4-5,13,17H,3,6-12H2,1-2H3. The van der Waals surface area contributed by atoms with E-state index >= 15 is 0 Å². The molecule has 0 bridgehead atoms. The van der Waals surface area contributed by atoms with Crippen molar-refractivity contribution < 1.29 is 9.47 Å². The zero-order valence-electron chi connectivity index (χ0n) is 12.7. The second-order valence-electron chi connectivity index (χ2n) is 5.15. The molecule has 4 heteroatoms. The zero-order valence-corrected chi connectivity index (χ0v) is 12.7. The normalized spacial score (nSPS) is 15.4. The van der Waals surface area contributed by atoms with Crippen molar-refractivity contribution >= 4 is 5.69 Å². The van der Waals surface area contributed by atoms with Gasteiger partial charge in [0.15, 0.2) is 0 Å². The summed E-state index contributed by atoms with van der Waals surface area (Å²) in [6.45, 7) is 10.6. The number of hydrogen-bond donors (Lipinski definition) is 1. The van der Waals surface area contributed by atoms with Crippen LogP contribution < -0.4 is 15.0 Å². The fourth-order valence-electron chi connectivity index (χ4n) is 2.37. The first kappa shape index (κ1) is 15.1. The summed E-state index contributed by atoms with van der Waals surface area (Å²) in [6, 6.07) is 6.45. The minimum absolute atomic E-state index is 0.619. The van der Waals surface area contributed by atoms with Crippen molar-refractivity contribution in [3.63, 3.8) is 0 Å². The smallest absolute Gasteiger partial charge is 0.122 e. The van der Waals surface area contributed by atoms with Crippen molar-refractivity contribution in [2.75, 3.05) is 50.9 Å². The highest BCUT2D eigenvalue weighted by Crippen LogP contribution is 2.24. The average Bonchev–Trinajstić information content (AvgIpc) is 2.49. The van der Waals surface area contributed by atoms with Crippen LogP contribution in [-0.2, 0) is 4.74 Å². The number of aryl methyl sites for hydroxylation is 1. The Kier molecular flexibility index (Phi) is 6.15. The van der Waals surface area contributed by atoms with Gasteiger partial charge in [0.2, 0.25) is 0 Å². The van der Waals surface area contributed by atoms with Crippen molar-refractivity contribution in [3.8, 4) is 5.75 Å². The molecule has 1 aliphatic heterocycles. The maximum absolute atomic E-state index is 5.77. The second kappa shape index (κ2) is 8.12. The van der Waals surface area contributed by atoms with E-state index in [0.29, 0.717) is 13.2 Å². The molecule has 2 rings (SSSR count). The Morgan fingerprint density at radius 1 is 1.15 bits per heavy atom. The molecule has 1 aromatic rings. The Balaban J connectivity index is 1.85. The molecule has 0 spiro atoms. The first-order chi connectivity index (χ1) is 9.81. The molecule has 0 unspecified atom stereocenters. The van der Waals surface area contributed by atoms with Crippen LogP contribution in [0.25, 0.3) is 0 Å². The van der Waals surface area contributed by atoms with E-state index < -0.39 is 0 Å². The van der Waals surface area contributed by atoms with Crippen LogP contribution in [0.1, 0.15) is 18.9 Å². The van der Waals surface area contributed by atoms with Crippen molar-refractivity contribution in [1.82, 2.24) is 5.32 Å². The maximum Gasteiger partial charge on any atom is 0.122 e. The maximum atomic E-state index is 5.77. The summed E-state index contributed by atoms with van der Waals surface area (Å²) >= 11 is 0. The van der Waals surface area contributed by atoms with Crippen LogP contribution in [0.2, 0.25) is 0 Å². The van der Waals surface area contributed by atoms with Gasteiger partial charge in [0.05, 0.1) is 6.61 Å². The first-order valence-corrected chi connectivity index (χ1v) is 7.58. The van der Waals surface area contributed by atoms with Crippen molar-refractivity contribution in [3.05, 3.63) is 23.8 Å². The van der Waals surface area contributed by atoms with Crippen LogP contribution in [0.5, 0.6) is 5.75 Å². The summed E-state index contributed by atoms with van der Waals surface area (Å²) in [5.74, 6) is 0.962. The van der Waals surface area contributed by atoms with Gasteiger partial charge in [-0.15, -0.1) is 0 Å². The molecular formula is C16H26N2O2. The third-order valence-electron chi connectivity index (χ3n) is 3.47. The molecule has 20 heavy (non-hydrogen) atoms. The monoisotopic (exact) mass is 278 g/mol. The number of benzene rings is 1. The molecule has 0 atom stereocenters. The predicted molar refractivity (Wildman–Crippen MR) is 82.9 cm³/mol. The van der Waals surface area contributed by atoms with Crippen LogP contribution in [0.4, 0.5) is 5.69 Å². The van der Waals surface area contributed by atoms with E-state index in [4.69, 9.17) is 9.47 Å². The highest BCUT2D eigenvalue weighted by atomic mass is 16.5. The van der Waals surface area contributed by atoms with Crippen molar-refractivity contribution in [2.45, 2.75) is 20.3 Å². The summed E-state index contributed by atoms with van der Waals surface area (Å²) in [7, 11) is 0. The van der Waals surface area contributed by atoms with Crippen LogP contribution in [0.3, 0.4) is 0 Å². The van der Waals surface area contributed by atoms with Gasteiger partial charge in [-0.25, -0.2) is 0 Å². The van der Waals surface area contributed by atoms with Crippen LogP contribution in [0, 0.1) is 6.92 Å². The molecular weight excluding hydrogens is 252 g/mol. The number of anilines is 1.